The molecule has 0 amide bonds. The summed E-state index contributed by atoms with van der Waals surface area (Å²) in [4.78, 5) is 30.5. The Labute approximate surface area is 173 Å². The van der Waals surface area contributed by atoms with Crippen LogP contribution in [0, 0.1) is 0 Å². The fourth-order valence-corrected chi connectivity index (χ4v) is 3.66. The number of aryl methyl sites for hydroxylation is 1. The molecule has 0 saturated heterocycles. The van der Waals surface area contributed by atoms with Crippen molar-refractivity contribution >= 4 is 27.8 Å². The van der Waals surface area contributed by atoms with Crippen molar-refractivity contribution in [3.8, 4) is 0 Å². The van der Waals surface area contributed by atoms with Crippen LogP contribution in [0.15, 0.2) is 53.3 Å². The quantitative estimate of drug-likeness (QED) is 0.457. The fraction of sp³-hybridized carbons (Fsp3) is 0.261. The highest BCUT2D eigenvalue weighted by atomic mass is 16.5. The van der Waals surface area contributed by atoms with Gasteiger partial charge < -0.3 is 4.74 Å². The third-order valence-electron chi connectivity index (χ3n) is 5.07. The summed E-state index contributed by atoms with van der Waals surface area (Å²) in [6.45, 7) is 3.78. The van der Waals surface area contributed by atoms with E-state index in [4.69, 9.17) is 9.72 Å². The largest absolute Gasteiger partial charge is 0.439 e. The van der Waals surface area contributed by atoms with Crippen molar-refractivity contribution in [2.24, 2.45) is 0 Å². The number of rotatable bonds is 6. The van der Waals surface area contributed by atoms with E-state index in [1.807, 2.05) is 31.2 Å². The Morgan fingerprint density at radius 3 is 2.43 bits per heavy atom. The van der Waals surface area contributed by atoms with Crippen molar-refractivity contribution in [3.05, 3.63) is 75.7 Å². The highest BCUT2D eigenvalue weighted by Gasteiger charge is 2.21. The Morgan fingerprint density at radius 1 is 1.00 bits per heavy atom. The zero-order valence-corrected chi connectivity index (χ0v) is 17.0. The third-order valence-corrected chi connectivity index (χ3v) is 5.07. The molecular formula is C23H22N4O3. The van der Waals surface area contributed by atoms with Crippen molar-refractivity contribution in [2.75, 3.05) is 0 Å². The van der Waals surface area contributed by atoms with Crippen LogP contribution in [0.5, 0.6) is 0 Å². The van der Waals surface area contributed by atoms with Gasteiger partial charge in [0.05, 0.1) is 16.5 Å². The first-order valence-electron chi connectivity index (χ1n) is 10.0. The molecule has 0 bridgehead atoms. The van der Waals surface area contributed by atoms with Crippen LogP contribution in [0.3, 0.4) is 0 Å². The van der Waals surface area contributed by atoms with Crippen LogP contribution in [-0.4, -0.2) is 25.9 Å². The first-order valence-corrected chi connectivity index (χ1v) is 10.0. The molecule has 0 saturated carbocycles. The van der Waals surface area contributed by atoms with Gasteiger partial charge in [-0.3, -0.25) is 9.78 Å². The Morgan fingerprint density at radius 2 is 1.70 bits per heavy atom. The molecule has 30 heavy (non-hydrogen) atoms. The van der Waals surface area contributed by atoms with Gasteiger partial charge in [-0.1, -0.05) is 55.8 Å². The maximum absolute atomic E-state index is 13.1. The predicted octanol–water partition coefficient (Wildman–Crippen LogP) is 3.67. The Kier molecular flexibility index (Phi) is 5.52. The van der Waals surface area contributed by atoms with E-state index in [9.17, 15) is 9.59 Å². The minimum Gasteiger partial charge on any atom is -0.439 e. The number of pyridine rings is 1. The molecule has 2 heterocycles. The third kappa shape index (κ3) is 3.54. The van der Waals surface area contributed by atoms with Crippen molar-refractivity contribution in [1.82, 2.24) is 20.0 Å². The number of ether oxygens (including phenoxy) is 1. The van der Waals surface area contributed by atoms with Gasteiger partial charge >= 0.3 is 5.97 Å². The average molecular weight is 402 g/mol. The van der Waals surface area contributed by atoms with Gasteiger partial charge in [-0.25, -0.2) is 4.79 Å². The topological polar surface area (TPSA) is 87.0 Å². The van der Waals surface area contributed by atoms with E-state index in [-0.39, 0.29) is 12.3 Å². The number of aromatic nitrogens is 4. The zero-order chi connectivity index (χ0) is 21.1. The Balaban J connectivity index is 1.71. The highest BCUT2D eigenvalue weighted by Crippen LogP contribution is 2.26. The Bertz CT molecular complexity index is 1300. The van der Waals surface area contributed by atoms with E-state index < -0.39 is 5.97 Å². The van der Waals surface area contributed by atoms with E-state index in [1.165, 1.54) is 0 Å². The molecule has 0 N–H and O–H groups in total. The van der Waals surface area contributed by atoms with E-state index in [2.05, 4.69) is 17.2 Å². The molecular weight excluding hydrogens is 380 g/mol. The van der Waals surface area contributed by atoms with Gasteiger partial charge in [0, 0.05) is 11.1 Å². The molecule has 7 heteroatoms. The lowest BCUT2D eigenvalue weighted by Gasteiger charge is -2.15. The molecule has 2 aromatic heterocycles. The molecule has 0 aliphatic rings. The number of benzene rings is 2. The van der Waals surface area contributed by atoms with Gasteiger partial charge in [0.25, 0.3) is 5.56 Å². The zero-order valence-electron chi connectivity index (χ0n) is 17.0. The second-order valence-corrected chi connectivity index (χ2v) is 7.00. The summed E-state index contributed by atoms with van der Waals surface area (Å²) < 4.78 is 6.58. The van der Waals surface area contributed by atoms with Crippen LogP contribution in [-0.2, 0) is 24.3 Å². The summed E-state index contributed by atoms with van der Waals surface area (Å²) in [5, 5.41) is 9.09. The number of esters is 1. The van der Waals surface area contributed by atoms with Gasteiger partial charge in [-0.15, -0.1) is 5.10 Å². The average Bonchev–Trinajstić information content (AvgIpc) is 2.78. The van der Waals surface area contributed by atoms with E-state index in [0.29, 0.717) is 22.9 Å². The van der Waals surface area contributed by atoms with Crippen molar-refractivity contribution in [1.29, 1.82) is 0 Å². The number of hydrogen-bond acceptors (Lipinski definition) is 6. The second-order valence-electron chi connectivity index (χ2n) is 7.00. The van der Waals surface area contributed by atoms with Crippen molar-refractivity contribution in [2.45, 2.75) is 39.8 Å². The monoisotopic (exact) mass is 402 g/mol. The molecule has 0 unspecified atom stereocenters. The molecule has 4 aromatic rings. The highest BCUT2D eigenvalue weighted by molar-refractivity contribution is 6.05. The second kappa shape index (κ2) is 8.41. The predicted molar refractivity (Wildman–Crippen MR) is 114 cm³/mol. The smallest absolute Gasteiger partial charge is 0.340 e. The maximum atomic E-state index is 13.1. The first-order chi connectivity index (χ1) is 14.6. The van der Waals surface area contributed by atoms with Crippen LogP contribution in [0.1, 0.15) is 41.9 Å². The lowest BCUT2D eigenvalue weighted by Crippen LogP contribution is -2.27. The number of fused-ring (bicyclic) bond motifs is 2. The minimum absolute atomic E-state index is 0.307. The summed E-state index contributed by atoms with van der Waals surface area (Å²) in [6, 6.07) is 14.5. The summed E-state index contributed by atoms with van der Waals surface area (Å²) >= 11 is 0. The lowest BCUT2D eigenvalue weighted by molar-refractivity contribution is 0.0337. The van der Waals surface area contributed by atoms with Crippen LogP contribution in [0.4, 0.5) is 0 Å². The van der Waals surface area contributed by atoms with Crippen LogP contribution < -0.4 is 5.56 Å². The standard InChI is InChI=1S/C23H22N4O3/c1-3-9-18-15(4-2)21(16-10-5-7-12-19(16)24-18)23(29)30-14-27-22(28)17-11-6-8-13-20(17)25-26-27/h5-8,10-13H,3-4,9,14H2,1-2H3. The molecule has 0 aliphatic carbocycles. The van der Waals surface area contributed by atoms with Gasteiger partial charge in [0.2, 0.25) is 0 Å². The molecule has 0 aliphatic heterocycles. The SMILES string of the molecule is CCCc1nc2ccccc2c(C(=O)OCn2nnc3ccccc3c2=O)c1CC. The lowest BCUT2D eigenvalue weighted by atomic mass is 9.96. The normalized spacial score (nSPS) is 11.1. The molecule has 7 nitrogen and oxygen atoms in total. The number of nitrogens with zero attached hydrogens (tertiary/aromatic N) is 4. The maximum Gasteiger partial charge on any atom is 0.340 e. The number of para-hydroxylation sites is 1. The molecule has 0 fully saturated rings. The van der Waals surface area contributed by atoms with Crippen molar-refractivity contribution in [3.63, 3.8) is 0 Å². The van der Waals surface area contributed by atoms with Crippen molar-refractivity contribution < 1.29 is 9.53 Å². The number of carbonyl (C=O) groups excluding carboxylic acids is 1. The molecule has 0 radical (unpaired) electrons. The van der Waals surface area contributed by atoms with Gasteiger partial charge in [0.15, 0.2) is 6.73 Å². The van der Waals surface area contributed by atoms with E-state index in [0.717, 1.165) is 39.7 Å². The minimum atomic E-state index is -0.496. The van der Waals surface area contributed by atoms with Gasteiger partial charge in [-0.2, -0.15) is 4.68 Å². The molecule has 0 atom stereocenters. The summed E-state index contributed by atoms with van der Waals surface area (Å²) in [7, 11) is 0. The summed E-state index contributed by atoms with van der Waals surface area (Å²) in [5.74, 6) is -0.496. The Hall–Kier alpha value is -3.61. The summed E-state index contributed by atoms with van der Waals surface area (Å²) in [5.41, 5.74) is 3.21. The first kappa shape index (κ1) is 19.7. The van der Waals surface area contributed by atoms with Crippen LogP contribution in [0.2, 0.25) is 0 Å². The molecule has 2 aromatic carbocycles. The fourth-order valence-electron chi connectivity index (χ4n) is 3.66. The van der Waals surface area contributed by atoms with E-state index >= 15 is 0 Å². The van der Waals surface area contributed by atoms with Crippen LogP contribution >= 0.6 is 0 Å². The van der Waals surface area contributed by atoms with Gasteiger partial charge in [-0.05, 0) is 36.6 Å². The van der Waals surface area contributed by atoms with Gasteiger partial charge in [0.1, 0.15) is 5.52 Å². The molecule has 0 spiro atoms. The molecule has 4 rings (SSSR count). The van der Waals surface area contributed by atoms with Crippen LogP contribution in [0.25, 0.3) is 21.8 Å². The summed E-state index contributed by atoms with van der Waals surface area (Å²) in [6.07, 6.45) is 2.37. The molecule has 152 valence electrons. The van der Waals surface area contributed by atoms with E-state index in [1.54, 1.807) is 24.3 Å². The number of carbonyl (C=O) groups is 1. The number of hydrogen-bond donors (Lipinski definition) is 0.